The van der Waals surface area contributed by atoms with E-state index in [0.717, 1.165) is 5.56 Å². The average molecular weight is 344 g/mol. The van der Waals surface area contributed by atoms with Crippen LogP contribution in [-0.2, 0) is 0 Å². The zero-order valence-corrected chi connectivity index (χ0v) is 12.9. The van der Waals surface area contributed by atoms with Crippen LogP contribution in [0.4, 0.5) is 0 Å². The Bertz CT molecular complexity index is 800. The molecule has 0 spiro atoms. The Morgan fingerprint density at radius 2 is 1.35 bits per heavy atom. The fourth-order valence-corrected chi connectivity index (χ4v) is 2.74. The highest BCUT2D eigenvalue weighted by Crippen LogP contribution is 2.34. The first-order valence-corrected chi connectivity index (χ1v) is 7.14. The monoisotopic (exact) mass is 342 g/mol. The lowest BCUT2D eigenvalue weighted by atomic mass is 10.2. The summed E-state index contributed by atoms with van der Waals surface area (Å²) in [6.07, 6.45) is 0. The van der Waals surface area contributed by atoms with Gasteiger partial charge in [-0.1, -0.05) is 46.4 Å². The van der Waals surface area contributed by atoms with E-state index >= 15 is 0 Å². The first-order valence-electron chi connectivity index (χ1n) is 5.63. The van der Waals surface area contributed by atoms with Gasteiger partial charge in [-0.3, -0.25) is 0 Å². The van der Waals surface area contributed by atoms with E-state index in [1.807, 2.05) is 12.1 Å². The van der Waals surface area contributed by atoms with Gasteiger partial charge in [-0.15, -0.1) is 0 Å². The maximum absolute atomic E-state index is 6.20. The van der Waals surface area contributed by atoms with E-state index in [1.165, 1.54) is 0 Å². The zero-order valence-electron chi connectivity index (χ0n) is 9.87. The van der Waals surface area contributed by atoms with Crippen molar-refractivity contribution in [1.82, 2.24) is 9.97 Å². The van der Waals surface area contributed by atoms with Crippen LogP contribution in [0.2, 0.25) is 20.2 Å². The van der Waals surface area contributed by atoms with Crippen LogP contribution in [0.25, 0.3) is 22.3 Å². The third kappa shape index (κ3) is 2.45. The molecule has 6 heteroatoms. The summed E-state index contributed by atoms with van der Waals surface area (Å²) in [7, 11) is 0. The predicted molar refractivity (Wildman–Crippen MR) is 85.0 cm³/mol. The molecule has 3 rings (SSSR count). The molecule has 100 valence electrons. The molecule has 0 aliphatic carbocycles. The predicted octanol–water partition coefficient (Wildman–Crippen LogP) is 5.91. The van der Waals surface area contributed by atoms with Gasteiger partial charge in [0.15, 0.2) is 5.82 Å². The first-order chi connectivity index (χ1) is 9.56. The SMILES string of the molecule is Clc1ccc(-c2nc(Cl)c3c(Cl)ccc(Cl)c3n2)cc1. The summed E-state index contributed by atoms with van der Waals surface area (Å²) >= 11 is 24.3. The summed E-state index contributed by atoms with van der Waals surface area (Å²) in [6.45, 7) is 0. The topological polar surface area (TPSA) is 25.8 Å². The van der Waals surface area contributed by atoms with E-state index in [4.69, 9.17) is 46.4 Å². The third-order valence-corrected chi connectivity index (χ3v) is 3.95. The van der Waals surface area contributed by atoms with E-state index in [-0.39, 0.29) is 5.15 Å². The molecule has 0 N–H and O–H groups in total. The molecule has 0 saturated heterocycles. The summed E-state index contributed by atoms with van der Waals surface area (Å²) in [5, 5.41) is 2.41. The van der Waals surface area contributed by atoms with Crippen molar-refractivity contribution in [1.29, 1.82) is 0 Å². The van der Waals surface area contributed by atoms with Crippen molar-refractivity contribution < 1.29 is 0 Å². The summed E-state index contributed by atoms with van der Waals surface area (Å²) in [5.74, 6) is 0.475. The smallest absolute Gasteiger partial charge is 0.161 e. The molecular formula is C14H6Cl4N2. The van der Waals surface area contributed by atoms with Crippen LogP contribution >= 0.6 is 46.4 Å². The van der Waals surface area contributed by atoms with Crippen molar-refractivity contribution >= 4 is 57.3 Å². The normalized spacial score (nSPS) is 11.0. The van der Waals surface area contributed by atoms with Crippen LogP contribution in [-0.4, -0.2) is 9.97 Å². The second kappa shape index (κ2) is 5.38. The van der Waals surface area contributed by atoms with Gasteiger partial charge in [0.25, 0.3) is 0 Å². The number of rotatable bonds is 1. The van der Waals surface area contributed by atoms with Gasteiger partial charge in [0, 0.05) is 10.6 Å². The third-order valence-electron chi connectivity index (χ3n) is 2.81. The molecule has 0 saturated carbocycles. The second-order valence-electron chi connectivity index (χ2n) is 4.10. The number of nitrogens with zero attached hydrogens (tertiary/aromatic N) is 2. The average Bonchev–Trinajstić information content (AvgIpc) is 2.43. The Kier molecular flexibility index (Phi) is 3.74. The molecule has 0 bridgehead atoms. The van der Waals surface area contributed by atoms with Crippen molar-refractivity contribution in [2.24, 2.45) is 0 Å². The lowest BCUT2D eigenvalue weighted by Gasteiger charge is -2.07. The van der Waals surface area contributed by atoms with Crippen LogP contribution < -0.4 is 0 Å². The quantitative estimate of drug-likeness (QED) is 0.513. The molecular weight excluding hydrogens is 338 g/mol. The number of halogens is 4. The zero-order chi connectivity index (χ0) is 14.3. The number of hydrogen-bond acceptors (Lipinski definition) is 2. The number of aromatic nitrogens is 2. The molecule has 0 atom stereocenters. The number of benzene rings is 2. The minimum absolute atomic E-state index is 0.271. The molecule has 0 fully saturated rings. The fraction of sp³-hybridized carbons (Fsp3) is 0. The summed E-state index contributed by atoms with van der Waals surface area (Å²) in [6, 6.07) is 10.5. The van der Waals surface area contributed by atoms with Gasteiger partial charge < -0.3 is 0 Å². The molecule has 2 aromatic carbocycles. The maximum Gasteiger partial charge on any atom is 0.161 e. The molecule has 0 aliphatic heterocycles. The first kappa shape index (κ1) is 13.9. The van der Waals surface area contributed by atoms with Gasteiger partial charge in [-0.25, -0.2) is 9.97 Å². The summed E-state index contributed by atoms with van der Waals surface area (Å²) in [5.41, 5.74) is 1.33. The van der Waals surface area contributed by atoms with Crippen molar-refractivity contribution in [3.63, 3.8) is 0 Å². The Balaban J connectivity index is 2.29. The number of hydrogen-bond donors (Lipinski definition) is 0. The molecule has 0 aliphatic rings. The van der Waals surface area contributed by atoms with Gasteiger partial charge in [0.1, 0.15) is 5.15 Å². The Morgan fingerprint density at radius 1 is 0.700 bits per heavy atom. The number of fused-ring (bicyclic) bond motifs is 1. The van der Waals surface area contributed by atoms with E-state index in [0.29, 0.717) is 31.8 Å². The van der Waals surface area contributed by atoms with E-state index in [2.05, 4.69) is 9.97 Å². The Morgan fingerprint density at radius 3 is 2.05 bits per heavy atom. The highest BCUT2D eigenvalue weighted by molar-refractivity contribution is 6.44. The standard InChI is InChI=1S/C14H6Cl4N2/c15-8-3-1-7(2-4-8)14-19-12-10(17)6-5-9(16)11(12)13(18)20-14/h1-6H. The lowest BCUT2D eigenvalue weighted by molar-refractivity contribution is 1.23. The van der Waals surface area contributed by atoms with Gasteiger partial charge in [0.2, 0.25) is 0 Å². The highest BCUT2D eigenvalue weighted by atomic mass is 35.5. The van der Waals surface area contributed by atoms with Crippen molar-refractivity contribution in [2.45, 2.75) is 0 Å². The summed E-state index contributed by atoms with van der Waals surface area (Å²) < 4.78 is 0. The van der Waals surface area contributed by atoms with Crippen molar-refractivity contribution in [3.8, 4) is 11.4 Å². The van der Waals surface area contributed by atoms with E-state index in [9.17, 15) is 0 Å². The minimum atomic E-state index is 0.271. The molecule has 2 nitrogen and oxygen atoms in total. The molecule has 20 heavy (non-hydrogen) atoms. The molecule has 1 heterocycles. The molecule has 0 radical (unpaired) electrons. The Hall–Kier alpha value is -1.06. The van der Waals surface area contributed by atoms with Crippen LogP contribution in [0.15, 0.2) is 36.4 Å². The van der Waals surface area contributed by atoms with Gasteiger partial charge >= 0.3 is 0 Å². The second-order valence-corrected chi connectivity index (χ2v) is 5.71. The Labute approximate surface area is 135 Å². The minimum Gasteiger partial charge on any atom is -0.226 e. The largest absolute Gasteiger partial charge is 0.226 e. The molecule has 1 aromatic heterocycles. The van der Waals surface area contributed by atoms with Gasteiger partial charge in [-0.2, -0.15) is 0 Å². The van der Waals surface area contributed by atoms with E-state index in [1.54, 1.807) is 24.3 Å². The van der Waals surface area contributed by atoms with Gasteiger partial charge in [-0.05, 0) is 36.4 Å². The van der Waals surface area contributed by atoms with Crippen LogP contribution in [0, 0.1) is 0 Å². The molecule has 0 amide bonds. The van der Waals surface area contributed by atoms with E-state index < -0.39 is 0 Å². The van der Waals surface area contributed by atoms with Crippen molar-refractivity contribution in [3.05, 3.63) is 56.6 Å². The highest BCUT2D eigenvalue weighted by Gasteiger charge is 2.13. The van der Waals surface area contributed by atoms with Gasteiger partial charge in [0.05, 0.1) is 20.9 Å². The van der Waals surface area contributed by atoms with Crippen molar-refractivity contribution in [2.75, 3.05) is 0 Å². The lowest BCUT2D eigenvalue weighted by Crippen LogP contribution is -1.93. The fourth-order valence-electron chi connectivity index (χ4n) is 1.85. The summed E-state index contributed by atoms with van der Waals surface area (Å²) in [4.78, 5) is 8.71. The van der Waals surface area contributed by atoms with Crippen LogP contribution in [0.3, 0.4) is 0 Å². The molecule has 3 aromatic rings. The van der Waals surface area contributed by atoms with Crippen LogP contribution in [0.1, 0.15) is 0 Å². The maximum atomic E-state index is 6.20. The van der Waals surface area contributed by atoms with Crippen LogP contribution in [0.5, 0.6) is 0 Å². The molecule has 0 unspecified atom stereocenters.